The minimum absolute atomic E-state index is 0.508. The molecular weight excluding hydrogens is 254 g/mol. The highest BCUT2D eigenvalue weighted by Gasteiger charge is 2.29. The lowest BCUT2D eigenvalue weighted by Crippen LogP contribution is -2.19. The molecular formula is C15H27N3S. The van der Waals surface area contributed by atoms with Gasteiger partial charge in [-0.05, 0) is 31.2 Å². The van der Waals surface area contributed by atoms with E-state index in [0.717, 1.165) is 19.1 Å². The molecule has 108 valence electrons. The summed E-state index contributed by atoms with van der Waals surface area (Å²) < 4.78 is 0. The molecule has 1 aromatic rings. The molecule has 1 aromatic heterocycles. The average molecular weight is 281 g/mol. The normalized spacial score (nSPS) is 15.5. The van der Waals surface area contributed by atoms with Gasteiger partial charge in [0.1, 0.15) is 0 Å². The minimum atomic E-state index is 0.508. The van der Waals surface area contributed by atoms with Crippen molar-refractivity contribution in [2.75, 3.05) is 18.5 Å². The van der Waals surface area contributed by atoms with E-state index in [4.69, 9.17) is 4.98 Å². The summed E-state index contributed by atoms with van der Waals surface area (Å²) in [5.41, 5.74) is 1.28. The third-order valence-corrected chi connectivity index (χ3v) is 4.66. The molecule has 1 heterocycles. The van der Waals surface area contributed by atoms with Crippen LogP contribution in [0.3, 0.4) is 0 Å². The van der Waals surface area contributed by atoms with Gasteiger partial charge in [-0.1, -0.05) is 27.7 Å². The summed E-state index contributed by atoms with van der Waals surface area (Å²) in [6.07, 6.45) is 2.65. The van der Waals surface area contributed by atoms with Gasteiger partial charge >= 0.3 is 0 Å². The first kappa shape index (κ1) is 14.8. The summed E-state index contributed by atoms with van der Waals surface area (Å²) in [5.74, 6) is 1.21. The van der Waals surface area contributed by atoms with Crippen LogP contribution in [-0.2, 0) is 6.54 Å². The predicted octanol–water partition coefficient (Wildman–Crippen LogP) is 3.61. The lowest BCUT2D eigenvalue weighted by molar-refractivity contribution is 0.552. The first-order valence-corrected chi connectivity index (χ1v) is 8.23. The maximum absolute atomic E-state index is 4.87. The van der Waals surface area contributed by atoms with E-state index < -0.39 is 0 Å². The molecule has 4 heteroatoms. The highest BCUT2D eigenvalue weighted by molar-refractivity contribution is 7.15. The molecule has 0 unspecified atom stereocenters. The van der Waals surface area contributed by atoms with E-state index in [9.17, 15) is 0 Å². The molecule has 0 bridgehead atoms. The van der Waals surface area contributed by atoms with E-state index in [2.05, 4.69) is 45.0 Å². The Hall–Kier alpha value is -0.610. The van der Waals surface area contributed by atoms with Crippen LogP contribution in [0.25, 0.3) is 0 Å². The van der Waals surface area contributed by atoms with Gasteiger partial charge in [0.25, 0.3) is 0 Å². The maximum atomic E-state index is 4.87. The molecule has 1 fully saturated rings. The second-order valence-electron chi connectivity index (χ2n) is 6.33. The minimum Gasteiger partial charge on any atom is -0.348 e. The smallest absolute Gasteiger partial charge is 0.185 e. The van der Waals surface area contributed by atoms with Crippen molar-refractivity contribution in [3.05, 3.63) is 10.6 Å². The third-order valence-electron chi connectivity index (χ3n) is 3.50. The Labute approximate surface area is 121 Å². The molecule has 0 spiro atoms. The largest absolute Gasteiger partial charge is 0.348 e. The van der Waals surface area contributed by atoms with Gasteiger partial charge in [-0.3, -0.25) is 0 Å². The summed E-state index contributed by atoms with van der Waals surface area (Å²) in [7, 11) is 2.19. The van der Waals surface area contributed by atoms with Crippen molar-refractivity contribution in [1.29, 1.82) is 0 Å². The Kier molecular flexibility index (Phi) is 4.85. The fourth-order valence-corrected chi connectivity index (χ4v) is 3.39. The number of nitrogens with zero attached hydrogens (tertiary/aromatic N) is 2. The summed E-state index contributed by atoms with van der Waals surface area (Å²) >= 11 is 1.87. The van der Waals surface area contributed by atoms with Crippen LogP contribution >= 0.6 is 11.3 Å². The van der Waals surface area contributed by atoms with E-state index in [1.807, 2.05) is 11.3 Å². The number of anilines is 1. The summed E-state index contributed by atoms with van der Waals surface area (Å²) in [6, 6.07) is 0.739. The highest BCUT2D eigenvalue weighted by atomic mass is 32.1. The van der Waals surface area contributed by atoms with Gasteiger partial charge in [0, 0.05) is 24.5 Å². The zero-order valence-corrected chi connectivity index (χ0v) is 13.7. The highest BCUT2D eigenvalue weighted by Crippen LogP contribution is 2.35. The fraction of sp³-hybridized carbons (Fsp3) is 0.800. The first-order valence-electron chi connectivity index (χ1n) is 7.42. The zero-order valence-electron chi connectivity index (χ0n) is 12.9. The second kappa shape index (κ2) is 6.23. The van der Waals surface area contributed by atoms with Crippen LogP contribution in [0.5, 0.6) is 0 Å². The SMILES string of the molecule is CC(C)CNCc1sc(N(C)C2CC2)nc1C(C)C. The van der Waals surface area contributed by atoms with Crippen LogP contribution in [0.2, 0.25) is 0 Å². The number of aromatic nitrogens is 1. The van der Waals surface area contributed by atoms with Crippen molar-refractivity contribution in [2.45, 2.75) is 59.0 Å². The van der Waals surface area contributed by atoms with Crippen molar-refractivity contribution < 1.29 is 0 Å². The van der Waals surface area contributed by atoms with Gasteiger partial charge in [0.15, 0.2) is 5.13 Å². The zero-order chi connectivity index (χ0) is 14.0. The van der Waals surface area contributed by atoms with Gasteiger partial charge in [0.2, 0.25) is 0 Å². The molecule has 19 heavy (non-hydrogen) atoms. The third kappa shape index (κ3) is 3.93. The molecule has 0 amide bonds. The van der Waals surface area contributed by atoms with Crippen LogP contribution in [-0.4, -0.2) is 24.6 Å². The van der Waals surface area contributed by atoms with Crippen LogP contribution in [0.1, 0.15) is 57.0 Å². The number of hydrogen-bond acceptors (Lipinski definition) is 4. The lowest BCUT2D eigenvalue weighted by Gasteiger charge is -2.13. The standard InChI is InChI=1S/C15H27N3S/c1-10(2)8-16-9-13-14(11(3)4)17-15(19-13)18(5)12-6-7-12/h10-12,16H,6-9H2,1-5H3. The van der Waals surface area contributed by atoms with Crippen molar-refractivity contribution in [3.8, 4) is 0 Å². The second-order valence-corrected chi connectivity index (χ2v) is 7.39. The molecule has 1 saturated carbocycles. The van der Waals surface area contributed by atoms with E-state index in [0.29, 0.717) is 11.8 Å². The summed E-state index contributed by atoms with van der Waals surface area (Å²) in [4.78, 5) is 8.65. The van der Waals surface area contributed by atoms with Gasteiger partial charge in [0.05, 0.1) is 5.69 Å². The predicted molar refractivity (Wildman–Crippen MR) is 84.2 cm³/mol. The van der Waals surface area contributed by atoms with Crippen LogP contribution in [0.4, 0.5) is 5.13 Å². The molecule has 2 rings (SSSR count). The van der Waals surface area contributed by atoms with Crippen LogP contribution in [0, 0.1) is 5.92 Å². The molecule has 0 radical (unpaired) electrons. The van der Waals surface area contributed by atoms with E-state index >= 15 is 0 Å². The number of hydrogen-bond donors (Lipinski definition) is 1. The summed E-state index contributed by atoms with van der Waals surface area (Å²) in [5, 5.41) is 4.75. The molecule has 0 saturated heterocycles. The first-order chi connectivity index (χ1) is 8.99. The lowest BCUT2D eigenvalue weighted by atomic mass is 10.1. The maximum Gasteiger partial charge on any atom is 0.185 e. The van der Waals surface area contributed by atoms with E-state index in [-0.39, 0.29) is 0 Å². The number of nitrogens with one attached hydrogen (secondary N) is 1. The van der Waals surface area contributed by atoms with Gasteiger partial charge < -0.3 is 10.2 Å². The quantitative estimate of drug-likeness (QED) is 0.827. The summed E-state index contributed by atoms with van der Waals surface area (Å²) in [6.45, 7) is 11.0. The Morgan fingerprint density at radius 3 is 2.53 bits per heavy atom. The monoisotopic (exact) mass is 281 g/mol. The van der Waals surface area contributed by atoms with Crippen molar-refractivity contribution in [1.82, 2.24) is 10.3 Å². The van der Waals surface area contributed by atoms with Crippen LogP contribution in [0.15, 0.2) is 0 Å². The van der Waals surface area contributed by atoms with E-state index in [1.165, 1.54) is 28.5 Å². The topological polar surface area (TPSA) is 28.2 Å². The van der Waals surface area contributed by atoms with Crippen molar-refractivity contribution >= 4 is 16.5 Å². The van der Waals surface area contributed by atoms with Gasteiger partial charge in [-0.2, -0.15) is 0 Å². The molecule has 3 nitrogen and oxygen atoms in total. The van der Waals surface area contributed by atoms with Gasteiger partial charge in [-0.15, -0.1) is 11.3 Å². The molecule has 1 N–H and O–H groups in total. The average Bonchev–Trinajstić information content (AvgIpc) is 3.08. The Morgan fingerprint density at radius 2 is 2.00 bits per heavy atom. The fourth-order valence-electron chi connectivity index (χ4n) is 2.17. The Bertz CT molecular complexity index is 408. The Morgan fingerprint density at radius 1 is 1.32 bits per heavy atom. The van der Waals surface area contributed by atoms with Crippen molar-refractivity contribution in [2.24, 2.45) is 5.92 Å². The van der Waals surface area contributed by atoms with E-state index in [1.54, 1.807) is 0 Å². The molecule has 0 atom stereocenters. The molecule has 1 aliphatic carbocycles. The molecule has 0 aromatic carbocycles. The van der Waals surface area contributed by atoms with Crippen LogP contribution < -0.4 is 10.2 Å². The number of rotatable bonds is 7. The Balaban J connectivity index is 2.06. The van der Waals surface area contributed by atoms with Crippen molar-refractivity contribution in [3.63, 3.8) is 0 Å². The molecule has 1 aliphatic rings. The number of thiazole rings is 1. The molecule has 0 aliphatic heterocycles. The van der Waals surface area contributed by atoms with Gasteiger partial charge in [-0.25, -0.2) is 4.98 Å².